The summed E-state index contributed by atoms with van der Waals surface area (Å²) in [5, 5.41) is 3.35. The molecular weight excluding hydrogens is 231 g/mol. The molecule has 98 valence electrons. The van der Waals surface area contributed by atoms with Gasteiger partial charge in [0.15, 0.2) is 0 Å². The molecule has 1 heterocycles. The molecule has 4 heteroatoms. The topological polar surface area (TPSA) is 32.3 Å². The van der Waals surface area contributed by atoms with Crippen molar-refractivity contribution in [2.45, 2.75) is 25.3 Å². The average Bonchev–Trinajstić information content (AvgIpc) is 2.84. The van der Waals surface area contributed by atoms with Crippen molar-refractivity contribution in [2.75, 3.05) is 20.1 Å². The Bertz CT molecular complexity index is 416. The molecule has 0 spiro atoms. The van der Waals surface area contributed by atoms with E-state index in [1.807, 2.05) is 0 Å². The Morgan fingerprint density at radius 1 is 1.50 bits per heavy atom. The van der Waals surface area contributed by atoms with Crippen LogP contribution in [0.3, 0.4) is 0 Å². The number of likely N-dealkylation sites (N-methyl/N-ethyl adjacent to an activating group) is 1. The highest BCUT2D eigenvalue weighted by atomic mass is 19.1. The van der Waals surface area contributed by atoms with Crippen molar-refractivity contribution in [3.8, 4) is 0 Å². The molecular formula is C14H19FN2O. The fraction of sp³-hybridized carbons (Fsp3) is 0.500. The summed E-state index contributed by atoms with van der Waals surface area (Å²) in [6, 6.07) is 6.83. The summed E-state index contributed by atoms with van der Waals surface area (Å²) >= 11 is 0. The Morgan fingerprint density at radius 2 is 2.28 bits per heavy atom. The first-order chi connectivity index (χ1) is 8.66. The summed E-state index contributed by atoms with van der Waals surface area (Å²) in [5.74, 6) is -0.341. The normalized spacial score (nSPS) is 18.9. The fourth-order valence-corrected chi connectivity index (χ4v) is 2.28. The number of amides is 1. The number of hydrogen-bond acceptors (Lipinski definition) is 2. The van der Waals surface area contributed by atoms with Gasteiger partial charge in [-0.3, -0.25) is 4.79 Å². The van der Waals surface area contributed by atoms with Gasteiger partial charge >= 0.3 is 0 Å². The second-order valence-corrected chi connectivity index (χ2v) is 4.84. The van der Waals surface area contributed by atoms with E-state index in [2.05, 4.69) is 5.32 Å². The zero-order valence-electron chi connectivity index (χ0n) is 10.7. The van der Waals surface area contributed by atoms with Crippen molar-refractivity contribution in [2.24, 2.45) is 0 Å². The Labute approximate surface area is 107 Å². The quantitative estimate of drug-likeness (QED) is 0.880. The molecule has 0 aromatic heterocycles. The number of hydrogen-bond donors (Lipinski definition) is 1. The molecule has 1 unspecified atom stereocenters. The Kier molecular flexibility index (Phi) is 4.31. The molecule has 0 bridgehead atoms. The van der Waals surface area contributed by atoms with Gasteiger partial charge in [0.2, 0.25) is 5.91 Å². The number of rotatable bonds is 4. The fourth-order valence-electron chi connectivity index (χ4n) is 2.28. The Morgan fingerprint density at radius 3 is 2.94 bits per heavy atom. The molecule has 1 aliphatic rings. The number of nitrogens with zero attached hydrogens (tertiary/aromatic N) is 1. The molecule has 1 N–H and O–H groups in total. The van der Waals surface area contributed by atoms with Crippen LogP contribution in [0.25, 0.3) is 0 Å². The van der Waals surface area contributed by atoms with E-state index in [4.69, 9.17) is 0 Å². The van der Waals surface area contributed by atoms with Crippen LogP contribution in [0.15, 0.2) is 24.3 Å². The van der Waals surface area contributed by atoms with E-state index in [-0.39, 0.29) is 18.1 Å². The van der Waals surface area contributed by atoms with Crippen molar-refractivity contribution in [3.05, 3.63) is 35.6 Å². The van der Waals surface area contributed by atoms with Gasteiger partial charge in [-0.15, -0.1) is 0 Å². The van der Waals surface area contributed by atoms with Crippen molar-refractivity contribution >= 4 is 5.91 Å². The van der Waals surface area contributed by atoms with E-state index in [9.17, 15) is 9.18 Å². The van der Waals surface area contributed by atoms with Gasteiger partial charge in [0.25, 0.3) is 0 Å². The lowest BCUT2D eigenvalue weighted by molar-refractivity contribution is -0.129. The van der Waals surface area contributed by atoms with E-state index >= 15 is 0 Å². The van der Waals surface area contributed by atoms with Crippen LogP contribution in [0, 0.1) is 5.82 Å². The number of benzene rings is 1. The van der Waals surface area contributed by atoms with Crippen molar-refractivity contribution in [1.29, 1.82) is 0 Å². The molecule has 1 aliphatic heterocycles. The van der Waals surface area contributed by atoms with E-state index in [0.29, 0.717) is 18.2 Å². The first kappa shape index (κ1) is 13.0. The summed E-state index contributed by atoms with van der Waals surface area (Å²) in [6.45, 7) is 1.73. The zero-order valence-corrected chi connectivity index (χ0v) is 10.7. The second-order valence-electron chi connectivity index (χ2n) is 4.84. The lowest BCUT2D eigenvalue weighted by atomic mass is 10.1. The standard InChI is InChI=1S/C14H19FN2O/c1-17(10-12-6-4-8-16-12)14(18)9-11-5-2-3-7-13(11)15/h2-3,5,7,12,16H,4,6,8-10H2,1H3. The Hall–Kier alpha value is -1.42. The highest BCUT2D eigenvalue weighted by Gasteiger charge is 2.19. The van der Waals surface area contributed by atoms with E-state index in [1.165, 1.54) is 12.5 Å². The minimum Gasteiger partial charge on any atom is -0.344 e. The van der Waals surface area contributed by atoms with Crippen LogP contribution in [0.4, 0.5) is 4.39 Å². The van der Waals surface area contributed by atoms with Gasteiger partial charge in [-0.1, -0.05) is 18.2 Å². The van der Waals surface area contributed by atoms with Crippen LogP contribution in [0.1, 0.15) is 18.4 Å². The van der Waals surface area contributed by atoms with Gasteiger partial charge in [-0.25, -0.2) is 4.39 Å². The maximum absolute atomic E-state index is 13.4. The van der Waals surface area contributed by atoms with Crippen molar-refractivity contribution in [1.82, 2.24) is 10.2 Å². The number of carbonyl (C=O) groups is 1. The Balaban J connectivity index is 1.89. The van der Waals surface area contributed by atoms with Gasteiger partial charge in [0, 0.05) is 19.6 Å². The third-order valence-electron chi connectivity index (χ3n) is 3.38. The predicted octanol–water partition coefficient (Wildman–Crippen LogP) is 1.58. The summed E-state index contributed by atoms with van der Waals surface area (Å²) in [5.41, 5.74) is 0.466. The smallest absolute Gasteiger partial charge is 0.226 e. The van der Waals surface area contributed by atoms with Crippen molar-refractivity contribution in [3.63, 3.8) is 0 Å². The third-order valence-corrected chi connectivity index (χ3v) is 3.38. The maximum atomic E-state index is 13.4. The molecule has 1 aromatic carbocycles. The molecule has 1 atom stereocenters. The molecule has 1 fully saturated rings. The van der Waals surface area contributed by atoms with Crippen LogP contribution in [-0.4, -0.2) is 37.0 Å². The van der Waals surface area contributed by atoms with Gasteiger partial charge in [-0.2, -0.15) is 0 Å². The van der Waals surface area contributed by atoms with Crippen molar-refractivity contribution < 1.29 is 9.18 Å². The average molecular weight is 250 g/mol. The largest absolute Gasteiger partial charge is 0.344 e. The van der Waals surface area contributed by atoms with Gasteiger partial charge in [0.05, 0.1) is 6.42 Å². The van der Waals surface area contributed by atoms with E-state index in [1.54, 1.807) is 30.1 Å². The molecule has 3 nitrogen and oxygen atoms in total. The molecule has 1 amide bonds. The highest BCUT2D eigenvalue weighted by Crippen LogP contribution is 2.10. The number of halogens is 1. The predicted molar refractivity (Wildman–Crippen MR) is 68.8 cm³/mol. The molecule has 2 rings (SSSR count). The summed E-state index contributed by atoms with van der Waals surface area (Å²) < 4.78 is 13.4. The van der Waals surface area contributed by atoms with Gasteiger partial charge < -0.3 is 10.2 Å². The van der Waals surface area contributed by atoms with Gasteiger partial charge in [0.1, 0.15) is 5.82 Å². The molecule has 1 saturated heterocycles. The minimum atomic E-state index is -0.307. The molecule has 0 radical (unpaired) electrons. The summed E-state index contributed by atoms with van der Waals surface area (Å²) in [7, 11) is 1.78. The third kappa shape index (κ3) is 3.29. The van der Waals surface area contributed by atoms with Crippen LogP contribution >= 0.6 is 0 Å². The summed E-state index contributed by atoms with van der Waals surface area (Å²) in [4.78, 5) is 13.7. The second kappa shape index (κ2) is 5.96. The molecule has 1 aromatic rings. The van der Waals surface area contributed by atoms with Crippen LogP contribution in [-0.2, 0) is 11.2 Å². The van der Waals surface area contributed by atoms with Crippen LogP contribution in [0.5, 0.6) is 0 Å². The number of carbonyl (C=O) groups excluding carboxylic acids is 1. The lowest BCUT2D eigenvalue weighted by Crippen LogP contribution is -2.39. The SMILES string of the molecule is CN(CC1CCCN1)C(=O)Cc1ccccc1F. The highest BCUT2D eigenvalue weighted by molar-refractivity contribution is 5.78. The van der Waals surface area contributed by atoms with E-state index in [0.717, 1.165) is 13.0 Å². The lowest BCUT2D eigenvalue weighted by Gasteiger charge is -2.21. The molecule has 18 heavy (non-hydrogen) atoms. The summed E-state index contributed by atoms with van der Waals surface area (Å²) in [6.07, 6.45) is 2.41. The van der Waals surface area contributed by atoms with Crippen LogP contribution < -0.4 is 5.32 Å². The minimum absolute atomic E-state index is 0.0335. The first-order valence-electron chi connectivity index (χ1n) is 6.37. The van der Waals surface area contributed by atoms with Gasteiger partial charge in [-0.05, 0) is 31.0 Å². The number of nitrogens with one attached hydrogen (secondary N) is 1. The molecule has 0 saturated carbocycles. The monoisotopic (exact) mass is 250 g/mol. The maximum Gasteiger partial charge on any atom is 0.226 e. The van der Waals surface area contributed by atoms with E-state index < -0.39 is 0 Å². The zero-order chi connectivity index (χ0) is 13.0. The van der Waals surface area contributed by atoms with Crippen LogP contribution in [0.2, 0.25) is 0 Å². The molecule has 0 aliphatic carbocycles. The first-order valence-corrected chi connectivity index (χ1v) is 6.37.